The molecule has 0 saturated carbocycles. The summed E-state index contributed by atoms with van der Waals surface area (Å²) < 4.78 is 9.86. The second-order valence-electron chi connectivity index (χ2n) is 5.49. The van der Waals surface area contributed by atoms with Crippen LogP contribution in [0, 0.1) is 6.92 Å². The summed E-state index contributed by atoms with van der Waals surface area (Å²) >= 11 is 0. The van der Waals surface area contributed by atoms with Gasteiger partial charge in [0.1, 0.15) is 12.3 Å². The van der Waals surface area contributed by atoms with Crippen molar-refractivity contribution in [1.29, 1.82) is 0 Å². The van der Waals surface area contributed by atoms with Crippen LogP contribution in [0.2, 0.25) is 0 Å². The number of ether oxygens (including phenoxy) is 2. The van der Waals surface area contributed by atoms with Crippen LogP contribution >= 0.6 is 0 Å². The lowest BCUT2D eigenvalue weighted by molar-refractivity contribution is -0.146. The molecule has 2 aromatic carbocycles. The van der Waals surface area contributed by atoms with Gasteiger partial charge in [-0.05, 0) is 43.3 Å². The minimum Gasteiger partial charge on any atom is -0.497 e. The van der Waals surface area contributed by atoms with Crippen molar-refractivity contribution in [3.05, 3.63) is 59.7 Å². The third kappa shape index (κ3) is 5.94. The Morgan fingerprint density at radius 1 is 1.04 bits per heavy atom. The molecule has 0 aliphatic rings. The van der Waals surface area contributed by atoms with Crippen LogP contribution in [0.25, 0.3) is 0 Å². The second kappa shape index (κ2) is 9.22. The molecule has 0 heterocycles. The predicted molar refractivity (Wildman–Crippen MR) is 96.1 cm³/mol. The highest BCUT2D eigenvalue weighted by atomic mass is 16.5. The molecule has 0 fully saturated rings. The number of hydrogen-bond donors (Lipinski definition) is 2. The molecular formula is C19H20N2O5. The molecule has 2 amide bonds. The van der Waals surface area contributed by atoms with Gasteiger partial charge >= 0.3 is 5.97 Å². The van der Waals surface area contributed by atoms with Crippen LogP contribution in [-0.4, -0.2) is 38.0 Å². The molecule has 0 radical (unpaired) electrons. The fourth-order valence-electron chi connectivity index (χ4n) is 2.11. The maximum Gasteiger partial charge on any atom is 0.325 e. The van der Waals surface area contributed by atoms with Gasteiger partial charge in [0.25, 0.3) is 11.8 Å². The molecule has 0 spiro atoms. The average Bonchev–Trinajstić information content (AvgIpc) is 2.65. The quantitative estimate of drug-likeness (QED) is 0.739. The van der Waals surface area contributed by atoms with Crippen LogP contribution in [0.1, 0.15) is 15.9 Å². The molecule has 136 valence electrons. The first-order chi connectivity index (χ1) is 12.5. The minimum atomic E-state index is -0.698. The summed E-state index contributed by atoms with van der Waals surface area (Å²) in [5, 5.41) is 5.04. The number of benzene rings is 2. The molecule has 0 bridgehead atoms. The number of anilines is 1. The van der Waals surface area contributed by atoms with Crippen LogP contribution in [0.4, 0.5) is 5.69 Å². The standard InChI is InChI=1S/C19H20N2O5/c1-13-4-3-5-14(10-13)19(24)20-11-18(23)26-12-17(22)21-15-6-8-16(25-2)9-7-15/h3-10H,11-12H2,1-2H3,(H,20,24)(H,21,22). The highest BCUT2D eigenvalue weighted by Crippen LogP contribution is 2.14. The summed E-state index contributed by atoms with van der Waals surface area (Å²) in [5.74, 6) is -0.892. The molecule has 2 N–H and O–H groups in total. The zero-order chi connectivity index (χ0) is 18.9. The lowest BCUT2D eigenvalue weighted by atomic mass is 10.1. The Labute approximate surface area is 151 Å². The first-order valence-electron chi connectivity index (χ1n) is 7.92. The molecule has 0 aromatic heterocycles. The van der Waals surface area contributed by atoms with Gasteiger partial charge in [0.05, 0.1) is 7.11 Å². The molecule has 26 heavy (non-hydrogen) atoms. The first kappa shape index (κ1) is 19.0. The van der Waals surface area contributed by atoms with E-state index in [1.54, 1.807) is 49.6 Å². The number of carbonyl (C=O) groups is 3. The number of nitrogens with one attached hydrogen (secondary N) is 2. The summed E-state index contributed by atoms with van der Waals surface area (Å²) in [5.41, 5.74) is 1.95. The van der Waals surface area contributed by atoms with Gasteiger partial charge in [-0.1, -0.05) is 17.7 Å². The summed E-state index contributed by atoms with van der Waals surface area (Å²) in [6.07, 6.45) is 0. The van der Waals surface area contributed by atoms with Crippen LogP contribution in [0.3, 0.4) is 0 Å². The lowest BCUT2D eigenvalue weighted by Crippen LogP contribution is -2.32. The number of methoxy groups -OCH3 is 1. The van der Waals surface area contributed by atoms with Gasteiger partial charge in [0.2, 0.25) is 0 Å². The van der Waals surface area contributed by atoms with Crippen molar-refractivity contribution in [1.82, 2.24) is 5.32 Å². The van der Waals surface area contributed by atoms with Crippen molar-refractivity contribution in [3.63, 3.8) is 0 Å². The van der Waals surface area contributed by atoms with E-state index >= 15 is 0 Å². The number of hydrogen-bond acceptors (Lipinski definition) is 5. The zero-order valence-corrected chi connectivity index (χ0v) is 14.6. The first-order valence-corrected chi connectivity index (χ1v) is 7.92. The van der Waals surface area contributed by atoms with E-state index in [-0.39, 0.29) is 12.5 Å². The number of amides is 2. The van der Waals surface area contributed by atoms with Gasteiger partial charge in [0.15, 0.2) is 6.61 Å². The minimum absolute atomic E-state index is 0.317. The third-order valence-corrected chi connectivity index (χ3v) is 3.41. The van der Waals surface area contributed by atoms with Crippen molar-refractivity contribution >= 4 is 23.5 Å². The number of aryl methyl sites for hydroxylation is 1. The Morgan fingerprint density at radius 3 is 2.42 bits per heavy atom. The van der Waals surface area contributed by atoms with Gasteiger partial charge in [-0.3, -0.25) is 14.4 Å². The van der Waals surface area contributed by atoms with E-state index in [0.717, 1.165) is 5.56 Å². The zero-order valence-electron chi connectivity index (χ0n) is 14.6. The molecule has 0 unspecified atom stereocenters. The van der Waals surface area contributed by atoms with E-state index in [4.69, 9.17) is 9.47 Å². The third-order valence-electron chi connectivity index (χ3n) is 3.41. The summed E-state index contributed by atoms with van der Waals surface area (Å²) in [4.78, 5) is 35.3. The second-order valence-corrected chi connectivity index (χ2v) is 5.49. The molecule has 0 saturated heterocycles. The van der Waals surface area contributed by atoms with Crippen molar-refractivity contribution in [3.8, 4) is 5.75 Å². The molecule has 7 heteroatoms. The Morgan fingerprint density at radius 2 is 1.77 bits per heavy atom. The summed E-state index contributed by atoms with van der Waals surface area (Å²) in [6.45, 7) is 1.11. The monoisotopic (exact) mass is 356 g/mol. The van der Waals surface area contributed by atoms with Gasteiger partial charge in [-0.25, -0.2) is 0 Å². The van der Waals surface area contributed by atoms with Crippen molar-refractivity contribution in [2.45, 2.75) is 6.92 Å². The van der Waals surface area contributed by atoms with E-state index in [2.05, 4.69) is 10.6 Å². The smallest absolute Gasteiger partial charge is 0.325 e. The SMILES string of the molecule is COc1ccc(NC(=O)COC(=O)CNC(=O)c2cccc(C)c2)cc1. The summed E-state index contributed by atoms with van der Waals surface area (Å²) in [7, 11) is 1.55. The summed E-state index contributed by atoms with van der Waals surface area (Å²) in [6, 6.07) is 13.7. The van der Waals surface area contributed by atoms with E-state index in [9.17, 15) is 14.4 Å². The Balaban J connectivity index is 1.72. The van der Waals surface area contributed by atoms with Crippen molar-refractivity contribution < 1.29 is 23.9 Å². The maximum absolute atomic E-state index is 11.9. The predicted octanol–water partition coefficient (Wildman–Crippen LogP) is 1.92. The molecular weight excluding hydrogens is 336 g/mol. The highest BCUT2D eigenvalue weighted by molar-refractivity contribution is 5.96. The number of esters is 1. The lowest BCUT2D eigenvalue weighted by Gasteiger charge is -2.08. The average molecular weight is 356 g/mol. The fraction of sp³-hybridized carbons (Fsp3) is 0.211. The molecule has 2 rings (SSSR count). The van der Waals surface area contributed by atoms with Crippen LogP contribution in [0.15, 0.2) is 48.5 Å². The van der Waals surface area contributed by atoms with Crippen LogP contribution in [-0.2, 0) is 14.3 Å². The van der Waals surface area contributed by atoms with Crippen molar-refractivity contribution in [2.24, 2.45) is 0 Å². The van der Waals surface area contributed by atoms with E-state index in [1.165, 1.54) is 0 Å². The molecule has 7 nitrogen and oxygen atoms in total. The van der Waals surface area contributed by atoms with E-state index in [1.807, 2.05) is 13.0 Å². The fourth-order valence-corrected chi connectivity index (χ4v) is 2.11. The van der Waals surface area contributed by atoms with E-state index < -0.39 is 18.5 Å². The molecule has 2 aromatic rings. The number of rotatable bonds is 7. The molecule has 0 atom stereocenters. The molecule has 0 aliphatic heterocycles. The Kier molecular flexibility index (Phi) is 6.73. The normalized spacial score (nSPS) is 9.92. The van der Waals surface area contributed by atoms with Gasteiger partial charge in [0, 0.05) is 11.3 Å². The van der Waals surface area contributed by atoms with Gasteiger partial charge < -0.3 is 20.1 Å². The number of carbonyl (C=O) groups excluding carboxylic acids is 3. The van der Waals surface area contributed by atoms with Crippen LogP contribution in [0.5, 0.6) is 5.75 Å². The maximum atomic E-state index is 11.9. The van der Waals surface area contributed by atoms with Crippen molar-refractivity contribution in [2.75, 3.05) is 25.6 Å². The van der Waals surface area contributed by atoms with Gasteiger partial charge in [-0.2, -0.15) is 0 Å². The topological polar surface area (TPSA) is 93.7 Å². The Bertz CT molecular complexity index is 787. The van der Waals surface area contributed by atoms with E-state index in [0.29, 0.717) is 17.0 Å². The Hall–Kier alpha value is -3.35. The van der Waals surface area contributed by atoms with Gasteiger partial charge in [-0.15, -0.1) is 0 Å². The highest BCUT2D eigenvalue weighted by Gasteiger charge is 2.11. The van der Waals surface area contributed by atoms with Crippen LogP contribution < -0.4 is 15.4 Å². The molecule has 0 aliphatic carbocycles. The largest absolute Gasteiger partial charge is 0.497 e.